The molecule has 4 rings (SSSR count). The number of hydrogen-bond acceptors (Lipinski definition) is 6. The molecule has 1 amide bonds. The van der Waals surface area contributed by atoms with E-state index < -0.39 is 5.97 Å². The van der Waals surface area contributed by atoms with Crippen molar-refractivity contribution in [3.05, 3.63) is 118 Å². The number of thiophene rings is 1. The average Bonchev–Trinajstić information content (AvgIpc) is 3.40. The van der Waals surface area contributed by atoms with E-state index in [0.717, 1.165) is 11.1 Å². The first-order chi connectivity index (χ1) is 16.2. The van der Waals surface area contributed by atoms with Crippen LogP contribution in [0.3, 0.4) is 0 Å². The van der Waals surface area contributed by atoms with Crippen molar-refractivity contribution < 1.29 is 19.1 Å². The number of hydrazone groups is 1. The van der Waals surface area contributed by atoms with E-state index in [9.17, 15) is 9.59 Å². The lowest BCUT2D eigenvalue weighted by Gasteiger charge is -2.07. The zero-order chi connectivity index (χ0) is 22.9. The number of amides is 1. The smallest absolute Gasteiger partial charge is 0.353 e. The first-order valence-corrected chi connectivity index (χ1v) is 11.0. The lowest BCUT2D eigenvalue weighted by atomic mass is 10.2. The van der Waals surface area contributed by atoms with Crippen molar-refractivity contribution in [2.24, 2.45) is 5.10 Å². The Labute approximate surface area is 195 Å². The summed E-state index contributed by atoms with van der Waals surface area (Å²) < 4.78 is 11.0. The fourth-order valence-corrected chi connectivity index (χ4v) is 3.45. The molecule has 0 radical (unpaired) electrons. The Morgan fingerprint density at radius 2 is 1.58 bits per heavy atom. The van der Waals surface area contributed by atoms with Crippen molar-refractivity contribution in [3.63, 3.8) is 0 Å². The highest BCUT2D eigenvalue weighted by Crippen LogP contribution is 2.16. The third-order valence-corrected chi connectivity index (χ3v) is 5.41. The van der Waals surface area contributed by atoms with E-state index in [1.54, 1.807) is 60.7 Å². The Morgan fingerprint density at radius 1 is 0.848 bits per heavy atom. The monoisotopic (exact) mass is 456 g/mol. The maximum Gasteiger partial charge on any atom is 0.353 e. The summed E-state index contributed by atoms with van der Waals surface area (Å²) >= 11 is 1.32. The van der Waals surface area contributed by atoms with Crippen LogP contribution in [0.15, 0.2) is 101 Å². The Kier molecular flexibility index (Phi) is 7.25. The summed E-state index contributed by atoms with van der Waals surface area (Å²) in [7, 11) is 0. The summed E-state index contributed by atoms with van der Waals surface area (Å²) in [5.74, 6) is 0.389. The van der Waals surface area contributed by atoms with Crippen LogP contribution in [0.2, 0.25) is 0 Å². The van der Waals surface area contributed by atoms with E-state index in [1.807, 2.05) is 35.7 Å². The molecular formula is C26H20N2O4S. The van der Waals surface area contributed by atoms with Gasteiger partial charge in [0, 0.05) is 5.56 Å². The molecule has 3 aromatic carbocycles. The number of carbonyl (C=O) groups excluding carboxylic acids is 2. The van der Waals surface area contributed by atoms with Crippen LogP contribution in [0.1, 0.15) is 31.2 Å². The molecule has 0 bridgehead atoms. The predicted molar refractivity (Wildman–Crippen MR) is 128 cm³/mol. The Balaban J connectivity index is 1.25. The van der Waals surface area contributed by atoms with E-state index in [4.69, 9.17) is 9.47 Å². The van der Waals surface area contributed by atoms with Gasteiger partial charge in [0.25, 0.3) is 5.91 Å². The Hall–Kier alpha value is -4.23. The van der Waals surface area contributed by atoms with Crippen LogP contribution >= 0.6 is 11.3 Å². The predicted octanol–water partition coefficient (Wildman–Crippen LogP) is 5.31. The van der Waals surface area contributed by atoms with Crippen molar-refractivity contribution in [3.8, 4) is 11.5 Å². The molecule has 0 saturated heterocycles. The van der Waals surface area contributed by atoms with Gasteiger partial charge in [-0.1, -0.05) is 36.4 Å². The van der Waals surface area contributed by atoms with E-state index in [0.29, 0.717) is 28.5 Å². The summed E-state index contributed by atoms with van der Waals surface area (Å²) in [6.45, 7) is 0.461. The van der Waals surface area contributed by atoms with Crippen LogP contribution in [0, 0.1) is 0 Å². The summed E-state index contributed by atoms with van der Waals surface area (Å²) in [5, 5.41) is 5.80. The van der Waals surface area contributed by atoms with Gasteiger partial charge in [-0.05, 0) is 71.1 Å². The minimum absolute atomic E-state index is 0.331. The van der Waals surface area contributed by atoms with Gasteiger partial charge in [-0.25, -0.2) is 10.2 Å². The molecular weight excluding hydrogens is 436 g/mol. The normalized spacial score (nSPS) is 10.7. The second-order valence-corrected chi connectivity index (χ2v) is 7.88. The number of hydrogen-bond donors (Lipinski definition) is 1. The Bertz CT molecular complexity index is 1220. The van der Waals surface area contributed by atoms with Gasteiger partial charge in [0.2, 0.25) is 0 Å². The first-order valence-electron chi connectivity index (χ1n) is 10.1. The van der Waals surface area contributed by atoms with Crippen LogP contribution < -0.4 is 14.9 Å². The molecule has 6 nitrogen and oxygen atoms in total. The van der Waals surface area contributed by atoms with Gasteiger partial charge in [0.1, 0.15) is 23.0 Å². The molecule has 0 aliphatic heterocycles. The van der Waals surface area contributed by atoms with Crippen LogP contribution in [-0.4, -0.2) is 18.1 Å². The molecule has 0 aliphatic rings. The average molecular weight is 457 g/mol. The number of nitrogens with one attached hydrogen (secondary N) is 1. The zero-order valence-corrected chi connectivity index (χ0v) is 18.3. The van der Waals surface area contributed by atoms with Crippen LogP contribution in [0.4, 0.5) is 0 Å². The van der Waals surface area contributed by atoms with Gasteiger partial charge in [0.05, 0.1) is 6.21 Å². The SMILES string of the molecule is O=C(N/N=C/c1ccc(OC(=O)c2cccs2)cc1)c1ccc(OCc2ccccc2)cc1. The fourth-order valence-electron chi connectivity index (χ4n) is 2.85. The number of carbonyl (C=O) groups is 2. The van der Waals surface area contributed by atoms with Crippen molar-refractivity contribution in [1.82, 2.24) is 5.43 Å². The second-order valence-electron chi connectivity index (χ2n) is 6.93. The largest absolute Gasteiger partial charge is 0.489 e. The molecule has 1 heterocycles. The molecule has 164 valence electrons. The molecule has 0 fully saturated rings. The van der Waals surface area contributed by atoms with Gasteiger partial charge in [-0.15, -0.1) is 11.3 Å². The molecule has 1 N–H and O–H groups in total. The summed E-state index contributed by atoms with van der Waals surface area (Å²) in [4.78, 5) is 24.8. The van der Waals surface area contributed by atoms with E-state index in [1.165, 1.54) is 17.6 Å². The molecule has 0 spiro atoms. The van der Waals surface area contributed by atoms with Gasteiger partial charge < -0.3 is 9.47 Å². The molecule has 0 atom stereocenters. The first kappa shape index (κ1) is 22.0. The van der Waals surface area contributed by atoms with Crippen molar-refractivity contribution in [2.75, 3.05) is 0 Å². The van der Waals surface area contributed by atoms with E-state index >= 15 is 0 Å². The minimum Gasteiger partial charge on any atom is -0.489 e. The summed E-state index contributed by atoms with van der Waals surface area (Å²) in [5.41, 5.74) is 4.78. The highest BCUT2D eigenvalue weighted by Gasteiger charge is 2.09. The lowest BCUT2D eigenvalue weighted by molar-refractivity contribution is 0.0739. The van der Waals surface area contributed by atoms with Crippen molar-refractivity contribution >= 4 is 29.4 Å². The highest BCUT2D eigenvalue weighted by molar-refractivity contribution is 7.12. The number of ether oxygens (including phenoxy) is 2. The second kappa shape index (κ2) is 10.9. The molecule has 0 unspecified atom stereocenters. The van der Waals surface area contributed by atoms with E-state index in [2.05, 4.69) is 10.5 Å². The van der Waals surface area contributed by atoms with Crippen LogP contribution in [0.5, 0.6) is 11.5 Å². The zero-order valence-electron chi connectivity index (χ0n) is 17.5. The fraction of sp³-hybridized carbons (Fsp3) is 0.0385. The van der Waals surface area contributed by atoms with Crippen molar-refractivity contribution in [1.29, 1.82) is 0 Å². The summed E-state index contributed by atoms with van der Waals surface area (Å²) in [6, 6.07) is 27.0. The highest BCUT2D eigenvalue weighted by atomic mass is 32.1. The van der Waals surface area contributed by atoms with E-state index in [-0.39, 0.29) is 5.91 Å². The Morgan fingerprint density at radius 3 is 2.27 bits per heavy atom. The third kappa shape index (κ3) is 6.38. The van der Waals surface area contributed by atoms with Crippen LogP contribution in [-0.2, 0) is 6.61 Å². The molecule has 1 aromatic heterocycles. The maximum atomic E-state index is 12.3. The third-order valence-electron chi connectivity index (χ3n) is 4.56. The van der Waals surface area contributed by atoms with Crippen LogP contribution in [0.25, 0.3) is 0 Å². The minimum atomic E-state index is -0.393. The molecule has 0 aliphatic carbocycles. The molecule has 0 saturated carbocycles. The maximum absolute atomic E-state index is 12.3. The quantitative estimate of drug-likeness (QED) is 0.169. The van der Waals surface area contributed by atoms with Gasteiger partial charge in [0.15, 0.2) is 0 Å². The lowest BCUT2D eigenvalue weighted by Crippen LogP contribution is -2.17. The molecule has 7 heteroatoms. The van der Waals surface area contributed by atoms with Crippen molar-refractivity contribution in [2.45, 2.75) is 6.61 Å². The molecule has 4 aromatic rings. The number of benzene rings is 3. The van der Waals surface area contributed by atoms with Gasteiger partial charge >= 0.3 is 5.97 Å². The number of esters is 1. The standard InChI is InChI=1S/C26H20N2O4S/c29-25(21-10-14-22(15-11-21)31-18-20-5-2-1-3-6-20)28-27-17-19-8-12-23(13-9-19)32-26(30)24-7-4-16-33-24/h1-17H,18H2,(H,28,29)/b27-17+. The molecule has 33 heavy (non-hydrogen) atoms. The van der Waals surface area contributed by atoms with Gasteiger partial charge in [-0.2, -0.15) is 5.10 Å². The summed E-state index contributed by atoms with van der Waals surface area (Å²) in [6.07, 6.45) is 1.51. The van der Waals surface area contributed by atoms with Gasteiger partial charge in [-0.3, -0.25) is 4.79 Å². The number of rotatable bonds is 8. The number of nitrogens with zero attached hydrogens (tertiary/aromatic N) is 1. The topological polar surface area (TPSA) is 77.0 Å².